The summed E-state index contributed by atoms with van der Waals surface area (Å²) in [5.41, 5.74) is 0.960. The number of para-hydroxylation sites is 1. The molecule has 19 heavy (non-hydrogen) atoms. The Labute approximate surface area is 120 Å². The summed E-state index contributed by atoms with van der Waals surface area (Å²) in [5.74, 6) is 0. The molecule has 1 aliphatic heterocycles. The molecule has 0 aliphatic carbocycles. The van der Waals surface area contributed by atoms with Crippen molar-refractivity contribution in [2.24, 2.45) is 0 Å². The second-order valence-corrected chi connectivity index (χ2v) is 5.54. The maximum Gasteiger partial charge on any atom is 0.0642 e. The molecule has 0 amide bonds. The Hall–Kier alpha value is -0.770. The van der Waals surface area contributed by atoms with E-state index in [2.05, 4.69) is 19.2 Å². The van der Waals surface area contributed by atoms with Gasteiger partial charge in [0.2, 0.25) is 0 Å². The molecule has 1 heterocycles. The first-order valence-corrected chi connectivity index (χ1v) is 7.28. The smallest absolute Gasteiger partial charge is 0.0642 e. The van der Waals surface area contributed by atoms with Crippen LogP contribution in [0.25, 0.3) is 0 Å². The molecule has 0 radical (unpaired) electrons. The SMILES string of the molecule is CC1CC(OCCNc2ccccc2Cl)CC(C)O1. The Kier molecular flexibility index (Phi) is 5.49. The van der Waals surface area contributed by atoms with Crippen LogP contribution in [0.1, 0.15) is 26.7 Å². The summed E-state index contributed by atoms with van der Waals surface area (Å²) in [6.45, 7) is 5.67. The van der Waals surface area contributed by atoms with Crippen molar-refractivity contribution in [3.63, 3.8) is 0 Å². The maximum absolute atomic E-state index is 6.07. The molecule has 0 saturated carbocycles. The average Bonchev–Trinajstić information content (AvgIpc) is 2.35. The summed E-state index contributed by atoms with van der Waals surface area (Å²) in [6.07, 6.45) is 2.87. The molecule has 1 aliphatic rings. The molecule has 0 aromatic heterocycles. The van der Waals surface area contributed by atoms with Gasteiger partial charge in [-0.15, -0.1) is 0 Å². The molecule has 1 aromatic rings. The lowest BCUT2D eigenvalue weighted by Crippen LogP contribution is -2.34. The minimum absolute atomic E-state index is 0.297. The van der Waals surface area contributed by atoms with Gasteiger partial charge in [-0.25, -0.2) is 0 Å². The number of rotatable bonds is 5. The summed E-state index contributed by atoms with van der Waals surface area (Å²) in [4.78, 5) is 0. The third-order valence-electron chi connectivity index (χ3n) is 3.30. The van der Waals surface area contributed by atoms with Crippen LogP contribution >= 0.6 is 11.6 Å². The van der Waals surface area contributed by atoms with Gasteiger partial charge in [0.05, 0.1) is 35.6 Å². The molecular formula is C15H22ClNO2. The molecule has 2 rings (SSSR count). The quantitative estimate of drug-likeness (QED) is 0.836. The van der Waals surface area contributed by atoms with Crippen LogP contribution in [0.5, 0.6) is 0 Å². The predicted molar refractivity (Wildman–Crippen MR) is 78.9 cm³/mol. The number of halogens is 1. The predicted octanol–water partition coefficient (Wildman–Crippen LogP) is 3.72. The Bertz CT molecular complexity index is 389. The van der Waals surface area contributed by atoms with Gasteiger partial charge in [-0.3, -0.25) is 0 Å². The Morgan fingerprint density at radius 3 is 2.63 bits per heavy atom. The van der Waals surface area contributed by atoms with E-state index in [0.717, 1.165) is 30.1 Å². The monoisotopic (exact) mass is 283 g/mol. The molecule has 4 heteroatoms. The summed E-state index contributed by atoms with van der Waals surface area (Å²) in [5, 5.41) is 4.03. The van der Waals surface area contributed by atoms with Crippen molar-refractivity contribution in [2.75, 3.05) is 18.5 Å². The third-order valence-corrected chi connectivity index (χ3v) is 3.63. The number of benzene rings is 1. The number of anilines is 1. The first kappa shape index (κ1) is 14.6. The zero-order chi connectivity index (χ0) is 13.7. The molecule has 0 bridgehead atoms. The number of hydrogen-bond donors (Lipinski definition) is 1. The maximum atomic E-state index is 6.07. The van der Waals surface area contributed by atoms with E-state index >= 15 is 0 Å². The van der Waals surface area contributed by atoms with E-state index in [1.54, 1.807) is 0 Å². The van der Waals surface area contributed by atoms with Crippen molar-refractivity contribution in [1.29, 1.82) is 0 Å². The van der Waals surface area contributed by atoms with Gasteiger partial charge in [-0.05, 0) is 38.8 Å². The number of ether oxygens (including phenoxy) is 2. The van der Waals surface area contributed by atoms with Crippen LogP contribution in [0.4, 0.5) is 5.69 Å². The van der Waals surface area contributed by atoms with Crippen LogP contribution in [-0.2, 0) is 9.47 Å². The Morgan fingerprint density at radius 1 is 1.26 bits per heavy atom. The van der Waals surface area contributed by atoms with Crippen LogP contribution in [0.3, 0.4) is 0 Å². The average molecular weight is 284 g/mol. The first-order chi connectivity index (χ1) is 9.15. The fraction of sp³-hybridized carbons (Fsp3) is 0.600. The van der Waals surface area contributed by atoms with Crippen molar-refractivity contribution in [1.82, 2.24) is 0 Å². The molecule has 2 unspecified atom stereocenters. The van der Waals surface area contributed by atoms with Crippen molar-refractivity contribution in [3.05, 3.63) is 29.3 Å². The second kappa shape index (κ2) is 7.13. The molecule has 1 N–H and O–H groups in total. The van der Waals surface area contributed by atoms with Gasteiger partial charge in [0.15, 0.2) is 0 Å². The van der Waals surface area contributed by atoms with E-state index in [1.807, 2.05) is 24.3 Å². The molecule has 2 atom stereocenters. The van der Waals surface area contributed by atoms with Gasteiger partial charge in [-0.2, -0.15) is 0 Å². The standard InChI is InChI=1S/C15H22ClNO2/c1-11-9-13(10-12(2)19-11)18-8-7-17-15-6-4-3-5-14(15)16/h3-6,11-13,17H,7-10H2,1-2H3. The highest BCUT2D eigenvalue weighted by Gasteiger charge is 2.24. The highest BCUT2D eigenvalue weighted by atomic mass is 35.5. The summed E-state index contributed by atoms with van der Waals surface area (Å²) in [6, 6.07) is 7.75. The van der Waals surface area contributed by atoms with Crippen LogP contribution in [0.2, 0.25) is 5.02 Å². The largest absolute Gasteiger partial charge is 0.382 e. The topological polar surface area (TPSA) is 30.5 Å². The molecular weight excluding hydrogens is 262 g/mol. The lowest BCUT2D eigenvalue weighted by molar-refractivity contribution is -0.0998. The van der Waals surface area contributed by atoms with Crippen LogP contribution < -0.4 is 5.32 Å². The van der Waals surface area contributed by atoms with Gasteiger partial charge in [0.25, 0.3) is 0 Å². The van der Waals surface area contributed by atoms with Gasteiger partial charge in [0.1, 0.15) is 0 Å². The lowest BCUT2D eigenvalue weighted by Gasteiger charge is -2.32. The fourth-order valence-corrected chi connectivity index (χ4v) is 2.70. The zero-order valence-corrected chi connectivity index (χ0v) is 12.3. The van der Waals surface area contributed by atoms with Gasteiger partial charge < -0.3 is 14.8 Å². The number of hydrogen-bond acceptors (Lipinski definition) is 3. The van der Waals surface area contributed by atoms with Crippen LogP contribution in [0.15, 0.2) is 24.3 Å². The van der Waals surface area contributed by atoms with Crippen LogP contribution in [0, 0.1) is 0 Å². The van der Waals surface area contributed by atoms with E-state index in [1.165, 1.54) is 0 Å². The molecule has 1 saturated heterocycles. The minimum atomic E-state index is 0.297. The molecule has 0 spiro atoms. The summed E-state index contributed by atoms with van der Waals surface area (Å²) < 4.78 is 11.6. The third kappa shape index (κ3) is 4.68. The van der Waals surface area contributed by atoms with Crippen molar-refractivity contribution in [2.45, 2.75) is 45.0 Å². The summed E-state index contributed by atoms with van der Waals surface area (Å²) in [7, 11) is 0. The van der Waals surface area contributed by atoms with Crippen LogP contribution in [-0.4, -0.2) is 31.5 Å². The molecule has 1 fully saturated rings. The normalized spacial score (nSPS) is 27.2. The Morgan fingerprint density at radius 2 is 1.95 bits per heavy atom. The number of nitrogens with one attached hydrogen (secondary N) is 1. The summed E-state index contributed by atoms with van der Waals surface area (Å²) >= 11 is 6.07. The lowest BCUT2D eigenvalue weighted by atomic mass is 10.0. The van der Waals surface area contributed by atoms with E-state index in [0.29, 0.717) is 24.9 Å². The van der Waals surface area contributed by atoms with Crippen molar-refractivity contribution >= 4 is 17.3 Å². The highest BCUT2D eigenvalue weighted by Crippen LogP contribution is 2.22. The van der Waals surface area contributed by atoms with Gasteiger partial charge >= 0.3 is 0 Å². The van der Waals surface area contributed by atoms with E-state index in [4.69, 9.17) is 21.1 Å². The molecule has 1 aromatic carbocycles. The second-order valence-electron chi connectivity index (χ2n) is 5.13. The van der Waals surface area contributed by atoms with E-state index in [9.17, 15) is 0 Å². The molecule has 106 valence electrons. The van der Waals surface area contributed by atoms with Crippen molar-refractivity contribution in [3.8, 4) is 0 Å². The van der Waals surface area contributed by atoms with Crippen molar-refractivity contribution < 1.29 is 9.47 Å². The van der Waals surface area contributed by atoms with Gasteiger partial charge in [0, 0.05) is 6.54 Å². The van der Waals surface area contributed by atoms with E-state index < -0.39 is 0 Å². The van der Waals surface area contributed by atoms with Gasteiger partial charge in [-0.1, -0.05) is 23.7 Å². The Balaban J connectivity index is 1.68. The molecule has 3 nitrogen and oxygen atoms in total. The minimum Gasteiger partial charge on any atom is -0.382 e. The fourth-order valence-electron chi connectivity index (χ4n) is 2.50. The zero-order valence-electron chi connectivity index (χ0n) is 11.6. The van der Waals surface area contributed by atoms with E-state index in [-0.39, 0.29) is 0 Å². The first-order valence-electron chi connectivity index (χ1n) is 6.90. The highest BCUT2D eigenvalue weighted by molar-refractivity contribution is 6.33.